The average Bonchev–Trinajstić information content (AvgIpc) is 2.08. The fraction of sp³-hybridized carbons (Fsp3) is 0.500. The molecule has 0 aromatic carbocycles. The van der Waals surface area contributed by atoms with Crippen molar-refractivity contribution in [2.45, 2.75) is 33.3 Å². The van der Waals surface area contributed by atoms with Gasteiger partial charge in [0.1, 0.15) is 0 Å². The smallest absolute Gasteiger partial charge is 0.0840 e. The van der Waals surface area contributed by atoms with Gasteiger partial charge in [0.25, 0.3) is 0 Å². The Balaban J connectivity index is 2.96. The number of hydrogen-bond donors (Lipinski definition) is 1. The second-order valence-electron chi connectivity index (χ2n) is 4.69. The van der Waals surface area contributed by atoms with Gasteiger partial charge in [-0.05, 0) is 19.4 Å². The summed E-state index contributed by atoms with van der Waals surface area (Å²) in [6.07, 6.45) is 10.2. The van der Waals surface area contributed by atoms with Crippen LogP contribution in [0.1, 0.15) is 27.7 Å². The molecule has 0 aliphatic heterocycles. The van der Waals surface area contributed by atoms with Crippen LogP contribution in [0.2, 0.25) is 0 Å². The van der Waals surface area contributed by atoms with Crippen LogP contribution in [-0.2, 0) is 0 Å². The number of allylic oxidation sites excluding steroid dienone is 4. The van der Waals surface area contributed by atoms with Crippen LogP contribution in [0.4, 0.5) is 0 Å². The van der Waals surface area contributed by atoms with Crippen LogP contribution in [0.15, 0.2) is 36.0 Å². The van der Waals surface area contributed by atoms with Crippen LogP contribution in [0.3, 0.4) is 0 Å². The van der Waals surface area contributed by atoms with Crippen molar-refractivity contribution in [2.24, 2.45) is 5.41 Å². The summed E-state index contributed by atoms with van der Waals surface area (Å²) in [7, 11) is 0. The van der Waals surface area contributed by atoms with Gasteiger partial charge in [0, 0.05) is 5.41 Å². The Kier molecular flexibility index (Phi) is 2.49. The summed E-state index contributed by atoms with van der Waals surface area (Å²) in [4.78, 5) is 0. The lowest BCUT2D eigenvalue weighted by atomic mass is 9.92. The van der Waals surface area contributed by atoms with Crippen molar-refractivity contribution in [3.8, 4) is 0 Å². The van der Waals surface area contributed by atoms with Crippen LogP contribution >= 0.6 is 0 Å². The second-order valence-corrected chi connectivity index (χ2v) is 4.69. The highest BCUT2D eigenvalue weighted by Crippen LogP contribution is 2.26. The molecule has 1 nitrogen and oxygen atoms in total. The molecule has 1 aliphatic rings. The molecule has 1 N–H and O–H groups in total. The quantitative estimate of drug-likeness (QED) is 0.654. The monoisotopic (exact) mass is 178 g/mol. The zero-order valence-electron chi connectivity index (χ0n) is 8.83. The topological polar surface area (TPSA) is 20.2 Å². The first-order valence-electron chi connectivity index (χ1n) is 4.63. The average molecular weight is 178 g/mol. The van der Waals surface area contributed by atoms with Gasteiger partial charge < -0.3 is 5.11 Å². The van der Waals surface area contributed by atoms with Crippen molar-refractivity contribution in [3.63, 3.8) is 0 Å². The minimum atomic E-state index is -0.749. The van der Waals surface area contributed by atoms with E-state index < -0.39 is 5.60 Å². The molecule has 72 valence electrons. The van der Waals surface area contributed by atoms with Crippen LogP contribution < -0.4 is 0 Å². The summed E-state index contributed by atoms with van der Waals surface area (Å²) >= 11 is 0. The van der Waals surface area contributed by atoms with Crippen molar-refractivity contribution in [3.05, 3.63) is 36.0 Å². The molecule has 0 bridgehead atoms. The van der Waals surface area contributed by atoms with Gasteiger partial charge in [-0.3, -0.25) is 0 Å². The fourth-order valence-electron chi connectivity index (χ4n) is 1.22. The Morgan fingerprint density at radius 1 is 1.23 bits per heavy atom. The largest absolute Gasteiger partial charge is 0.386 e. The molecule has 0 radical (unpaired) electrons. The summed E-state index contributed by atoms with van der Waals surface area (Å²) in [5, 5.41) is 9.78. The Hall–Kier alpha value is -0.820. The normalized spacial score (nSPS) is 21.2. The standard InChI is InChI=1S/C12H18O/c1-11(2)8-5-6-10(7-9-11)12(3,4)13/h5-9,13H,1-4H3. The fourth-order valence-corrected chi connectivity index (χ4v) is 1.22. The molecule has 0 saturated carbocycles. The minimum Gasteiger partial charge on any atom is -0.386 e. The molecule has 0 amide bonds. The van der Waals surface area contributed by atoms with E-state index in [9.17, 15) is 5.11 Å². The van der Waals surface area contributed by atoms with E-state index in [1.54, 1.807) is 13.8 Å². The van der Waals surface area contributed by atoms with Crippen LogP contribution in [0.5, 0.6) is 0 Å². The summed E-state index contributed by atoms with van der Waals surface area (Å²) < 4.78 is 0. The summed E-state index contributed by atoms with van der Waals surface area (Å²) in [5.41, 5.74) is 0.291. The van der Waals surface area contributed by atoms with E-state index in [0.717, 1.165) is 5.57 Å². The van der Waals surface area contributed by atoms with E-state index in [2.05, 4.69) is 26.0 Å². The van der Waals surface area contributed by atoms with Gasteiger partial charge in [0.2, 0.25) is 0 Å². The molecule has 0 aromatic rings. The Labute approximate surface area is 80.5 Å². The highest BCUT2D eigenvalue weighted by atomic mass is 16.3. The molecule has 0 heterocycles. The van der Waals surface area contributed by atoms with Crippen molar-refractivity contribution >= 4 is 0 Å². The van der Waals surface area contributed by atoms with E-state index in [1.165, 1.54) is 0 Å². The molecule has 0 fully saturated rings. The van der Waals surface area contributed by atoms with Crippen molar-refractivity contribution in [1.82, 2.24) is 0 Å². The predicted molar refractivity (Wildman–Crippen MR) is 56.4 cm³/mol. The molecular formula is C12H18O. The van der Waals surface area contributed by atoms with Crippen molar-refractivity contribution < 1.29 is 5.11 Å². The Morgan fingerprint density at radius 2 is 1.85 bits per heavy atom. The zero-order chi connectivity index (χ0) is 10.1. The van der Waals surface area contributed by atoms with Crippen molar-refractivity contribution in [2.75, 3.05) is 0 Å². The Bertz CT molecular complexity index is 272. The zero-order valence-corrected chi connectivity index (χ0v) is 8.83. The minimum absolute atomic E-state index is 0.0868. The highest BCUT2D eigenvalue weighted by molar-refractivity contribution is 5.35. The third kappa shape index (κ3) is 2.85. The van der Waals surface area contributed by atoms with Crippen molar-refractivity contribution in [1.29, 1.82) is 0 Å². The van der Waals surface area contributed by atoms with Gasteiger partial charge in [0.15, 0.2) is 0 Å². The summed E-state index contributed by atoms with van der Waals surface area (Å²) in [5.74, 6) is 0. The van der Waals surface area contributed by atoms with Gasteiger partial charge in [-0.1, -0.05) is 44.2 Å². The van der Waals surface area contributed by atoms with Gasteiger partial charge in [-0.2, -0.15) is 0 Å². The maximum atomic E-state index is 9.78. The summed E-state index contributed by atoms with van der Waals surface area (Å²) in [6, 6.07) is 0. The molecule has 1 rings (SSSR count). The first-order valence-corrected chi connectivity index (χ1v) is 4.63. The molecule has 0 spiro atoms. The van der Waals surface area contributed by atoms with Crippen LogP contribution in [0.25, 0.3) is 0 Å². The maximum Gasteiger partial charge on any atom is 0.0840 e. The van der Waals surface area contributed by atoms with Gasteiger partial charge in [0.05, 0.1) is 5.60 Å². The van der Waals surface area contributed by atoms with E-state index >= 15 is 0 Å². The third-order valence-corrected chi connectivity index (χ3v) is 2.20. The van der Waals surface area contributed by atoms with Gasteiger partial charge >= 0.3 is 0 Å². The molecule has 0 saturated heterocycles. The first-order chi connectivity index (χ1) is 5.81. The van der Waals surface area contributed by atoms with Crippen LogP contribution in [0, 0.1) is 5.41 Å². The van der Waals surface area contributed by atoms with Gasteiger partial charge in [-0.25, -0.2) is 0 Å². The number of rotatable bonds is 1. The Morgan fingerprint density at radius 3 is 2.38 bits per heavy atom. The molecule has 0 unspecified atom stereocenters. The lowest BCUT2D eigenvalue weighted by molar-refractivity contribution is 0.124. The SMILES string of the molecule is CC1(C)C=CC=C(C(C)(C)O)C=C1. The predicted octanol–water partition coefficient (Wildman–Crippen LogP) is 2.84. The molecule has 1 aliphatic carbocycles. The second kappa shape index (κ2) is 3.15. The molecule has 1 heteroatoms. The van der Waals surface area contributed by atoms with E-state index in [4.69, 9.17) is 0 Å². The number of aliphatic hydroxyl groups is 1. The third-order valence-electron chi connectivity index (χ3n) is 2.20. The lowest BCUT2D eigenvalue weighted by Crippen LogP contribution is -2.20. The number of hydrogen-bond acceptors (Lipinski definition) is 1. The molecule has 0 atom stereocenters. The summed E-state index contributed by atoms with van der Waals surface area (Å²) in [6.45, 7) is 7.88. The molecule has 13 heavy (non-hydrogen) atoms. The van der Waals surface area contributed by atoms with E-state index in [-0.39, 0.29) is 5.41 Å². The highest BCUT2D eigenvalue weighted by Gasteiger charge is 2.19. The first kappa shape index (κ1) is 10.3. The van der Waals surface area contributed by atoms with Crippen LogP contribution in [-0.4, -0.2) is 10.7 Å². The maximum absolute atomic E-state index is 9.78. The van der Waals surface area contributed by atoms with E-state index in [1.807, 2.05) is 18.2 Å². The molecule has 0 aromatic heterocycles. The lowest BCUT2D eigenvalue weighted by Gasteiger charge is -2.19. The van der Waals surface area contributed by atoms with Gasteiger partial charge in [-0.15, -0.1) is 0 Å². The molecular weight excluding hydrogens is 160 g/mol. The van der Waals surface area contributed by atoms with E-state index in [0.29, 0.717) is 0 Å².